The van der Waals surface area contributed by atoms with Gasteiger partial charge in [-0.05, 0) is 56.2 Å². The van der Waals surface area contributed by atoms with Gasteiger partial charge in [-0.3, -0.25) is 4.79 Å². The van der Waals surface area contributed by atoms with Crippen molar-refractivity contribution in [2.75, 3.05) is 13.7 Å². The summed E-state index contributed by atoms with van der Waals surface area (Å²) in [4.78, 5) is 30.3. The molecule has 1 aliphatic heterocycles. The number of aliphatic hydroxyl groups excluding tert-OH is 1. The van der Waals surface area contributed by atoms with Crippen LogP contribution in [-0.4, -0.2) is 46.4 Å². The molecular weight excluding hydrogens is 490 g/mol. The number of methoxy groups -OCH3 is 1. The van der Waals surface area contributed by atoms with E-state index in [2.05, 4.69) is 10.3 Å². The maximum absolute atomic E-state index is 12.8. The lowest BCUT2D eigenvalue weighted by atomic mass is 10.1. The zero-order valence-electron chi connectivity index (χ0n) is 20.6. The Balaban J connectivity index is 1.51. The van der Waals surface area contributed by atoms with Gasteiger partial charge in [0.05, 0.1) is 24.3 Å². The lowest BCUT2D eigenvalue weighted by Crippen LogP contribution is -2.29. The monoisotopic (exact) mass is 517 g/mol. The minimum Gasteiger partial charge on any atom is -0.506 e. The second kappa shape index (κ2) is 10.6. The lowest BCUT2D eigenvalue weighted by Gasteiger charge is -2.05. The van der Waals surface area contributed by atoms with Gasteiger partial charge in [-0.1, -0.05) is 30.0 Å². The number of carbonyl (C=O) groups excluding carboxylic acids is 2. The van der Waals surface area contributed by atoms with Gasteiger partial charge in [0, 0.05) is 28.7 Å². The first-order valence-electron chi connectivity index (χ1n) is 12.1. The van der Waals surface area contributed by atoms with E-state index >= 15 is 0 Å². The number of aliphatic hydroxyl groups is 1. The number of hydrogen-bond acceptors (Lipinski definition) is 7. The second-order valence-electron chi connectivity index (χ2n) is 8.74. The molecule has 3 aromatic rings. The van der Waals surface area contributed by atoms with Crippen LogP contribution in [0.3, 0.4) is 0 Å². The number of carbonyl (C=O) groups is 2. The highest BCUT2D eigenvalue weighted by Crippen LogP contribution is 2.41. The van der Waals surface area contributed by atoms with Crippen molar-refractivity contribution in [2.45, 2.75) is 32.4 Å². The third-order valence-corrected chi connectivity index (χ3v) is 7.06. The molecule has 1 amide bonds. The van der Waals surface area contributed by atoms with Crippen LogP contribution in [0.5, 0.6) is 5.75 Å². The van der Waals surface area contributed by atoms with E-state index in [1.54, 1.807) is 38.3 Å². The van der Waals surface area contributed by atoms with Crippen LogP contribution >= 0.6 is 11.8 Å². The van der Waals surface area contributed by atoms with Crippen LogP contribution in [0.15, 0.2) is 76.0 Å². The summed E-state index contributed by atoms with van der Waals surface area (Å²) in [6, 6.07) is 15.2. The fourth-order valence-electron chi connectivity index (χ4n) is 4.08. The van der Waals surface area contributed by atoms with E-state index < -0.39 is 5.97 Å². The van der Waals surface area contributed by atoms with Gasteiger partial charge >= 0.3 is 5.97 Å². The largest absolute Gasteiger partial charge is 0.506 e. The van der Waals surface area contributed by atoms with E-state index in [4.69, 9.17) is 9.47 Å². The van der Waals surface area contributed by atoms with Crippen molar-refractivity contribution < 1.29 is 24.2 Å². The first-order chi connectivity index (χ1) is 18.0. The number of amides is 1. The van der Waals surface area contributed by atoms with Crippen molar-refractivity contribution in [1.82, 2.24) is 9.88 Å². The number of hydrogen-bond donors (Lipinski definition) is 2. The molecule has 1 aromatic heterocycles. The molecule has 8 nitrogen and oxygen atoms in total. The van der Waals surface area contributed by atoms with E-state index in [1.807, 2.05) is 41.1 Å². The lowest BCUT2D eigenvalue weighted by molar-refractivity contribution is -0.138. The third kappa shape index (κ3) is 5.41. The van der Waals surface area contributed by atoms with Crippen molar-refractivity contribution >= 4 is 51.3 Å². The number of aromatic nitrogens is 1. The van der Waals surface area contributed by atoms with Crippen LogP contribution < -0.4 is 10.1 Å². The molecule has 9 heteroatoms. The van der Waals surface area contributed by atoms with E-state index in [-0.39, 0.29) is 36.4 Å². The fraction of sp³-hybridized carbons (Fsp3) is 0.250. The molecule has 0 atom stereocenters. The molecule has 0 unspecified atom stereocenters. The number of aliphatic imine (C=N–C) groups is 1. The summed E-state index contributed by atoms with van der Waals surface area (Å²) in [5.41, 5.74) is 2.36. The van der Waals surface area contributed by atoms with Crippen LogP contribution in [0.25, 0.3) is 17.0 Å². The Morgan fingerprint density at radius 2 is 1.95 bits per heavy atom. The Labute approximate surface area is 218 Å². The van der Waals surface area contributed by atoms with Crippen LogP contribution in [0, 0.1) is 0 Å². The van der Waals surface area contributed by atoms with Crippen LogP contribution in [0.2, 0.25) is 0 Å². The normalized spacial score (nSPS) is 17.6. The van der Waals surface area contributed by atoms with Crippen LogP contribution in [0.1, 0.15) is 25.3 Å². The highest BCUT2D eigenvalue weighted by Gasteiger charge is 2.33. The molecule has 190 valence electrons. The molecule has 1 fully saturated rings. The predicted octanol–water partition coefficient (Wildman–Crippen LogP) is 5.12. The number of nitrogens with one attached hydrogen (secondary N) is 1. The molecule has 2 aromatic carbocycles. The molecule has 2 N–H and O–H groups in total. The van der Waals surface area contributed by atoms with Crippen molar-refractivity contribution in [3.05, 3.63) is 76.5 Å². The van der Waals surface area contributed by atoms with Gasteiger partial charge in [0.25, 0.3) is 0 Å². The number of esters is 1. The summed E-state index contributed by atoms with van der Waals surface area (Å²) in [6.07, 6.45) is 5.76. The molecule has 0 saturated heterocycles. The predicted molar refractivity (Wildman–Crippen MR) is 145 cm³/mol. The summed E-state index contributed by atoms with van der Waals surface area (Å²) < 4.78 is 12.3. The number of ether oxygens (including phenoxy) is 2. The second-order valence-corrected chi connectivity index (χ2v) is 9.77. The number of nitrogens with zero attached hydrogens (tertiary/aromatic N) is 2. The highest BCUT2D eigenvalue weighted by molar-refractivity contribution is 8.18. The summed E-state index contributed by atoms with van der Waals surface area (Å²) >= 11 is 1.20. The van der Waals surface area contributed by atoms with Gasteiger partial charge in [0.2, 0.25) is 5.91 Å². The number of benzene rings is 2. The SMILES string of the molecule is CCOC(=O)C1=C(O)C(=Cc2cn(CC(=O)NC3CC3)c3ccccc23)SC1=Nc1ccc(OC)cc1. The zero-order valence-corrected chi connectivity index (χ0v) is 21.4. The minimum absolute atomic E-state index is 0.0288. The van der Waals surface area contributed by atoms with Crippen molar-refractivity contribution in [3.63, 3.8) is 0 Å². The molecule has 0 bridgehead atoms. The maximum Gasteiger partial charge on any atom is 0.344 e. The molecule has 2 aliphatic rings. The molecule has 0 radical (unpaired) electrons. The molecule has 0 spiro atoms. The van der Waals surface area contributed by atoms with E-state index in [0.717, 1.165) is 29.3 Å². The van der Waals surface area contributed by atoms with Crippen LogP contribution in [-0.2, 0) is 20.9 Å². The standard InChI is InChI=1S/C28H27N3O5S/c1-3-36-28(34)25-26(33)23(37-27(25)30-19-10-12-20(35-2)13-11-19)14-17-15-31(16-24(32)29-18-8-9-18)22-7-5-4-6-21(17)22/h4-7,10-15,18,33H,3,8-9,16H2,1-2H3,(H,29,32). The first-order valence-corrected chi connectivity index (χ1v) is 12.9. The van der Waals surface area contributed by atoms with Crippen molar-refractivity contribution in [1.29, 1.82) is 0 Å². The van der Waals surface area contributed by atoms with Crippen molar-refractivity contribution in [2.24, 2.45) is 4.99 Å². The van der Waals surface area contributed by atoms with Gasteiger partial charge in [-0.25, -0.2) is 9.79 Å². The quantitative estimate of drug-likeness (QED) is 0.402. The minimum atomic E-state index is -0.637. The van der Waals surface area contributed by atoms with Gasteiger partial charge < -0.3 is 24.5 Å². The number of rotatable bonds is 8. The summed E-state index contributed by atoms with van der Waals surface area (Å²) in [7, 11) is 1.58. The summed E-state index contributed by atoms with van der Waals surface area (Å²) in [5, 5.41) is 15.4. The molecule has 2 heterocycles. The Morgan fingerprint density at radius 1 is 1.19 bits per heavy atom. The molecule has 5 rings (SSSR count). The number of thioether (sulfide) groups is 1. The Bertz CT molecular complexity index is 1450. The third-order valence-electron chi connectivity index (χ3n) is 6.04. The molecule has 1 saturated carbocycles. The average molecular weight is 518 g/mol. The van der Waals surface area contributed by atoms with Gasteiger partial charge in [0.1, 0.15) is 28.7 Å². The first kappa shape index (κ1) is 24.7. The Hall–Kier alpha value is -3.98. The summed E-state index contributed by atoms with van der Waals surface area (Å²) in [6.45, 7) is 2.09. The topological polar surface area (TPSA) is 102 Å². The maximum atomic E-state index is 12.8. The smallest absolute Gasteiger partial charge is 0.344 e. The molecule has 37 heavy (non-hydrogen) atoms. The number of fused-ring (bicyclic) bond motifs is 1. The van der Waals surface area contributed by atoms with E-state index in [1.165, 1.54) is 11.8 Å². The molecular formula is C28H27N3O5S. The van der Waals surface area contributed by atoms with Crippen LogP contribution in [0.4, 0.5) is 5.69 Å². The number of para-hydroxylation sites is 1. The Morgan fingerprint density at radius 3 is 2.65 bits per heavy atom. The van der Waals surface area contributed by atoms with E-state index in [9.17, 15) is 14.7 Å². The zero-order chi connectivity index (χ0) is 25.9. The average Bonchev–Trinajstić information content (AvgIpc) is 3.57. The summed E-state index contributed by atoms with van der Waals surface area (Å²) in [5.74, 6) is -0.157. The highest BCUT2D eigenvalue weighted by atomic mass is 32.2. The van der Waals surface area contributed by atoms with Gasteiger partial charge in [-0.2, -0.15) is 0 Å². The molecule has 1 aliphatic carbocycles. The van der Waals surface area contributed by atoms with Crippen molar-refractivity contribution in [3.8, 4) is 5.75 Å². The fourth-order valence-corrected chi connectivity index (χ4v) is 5.11. The van der Waals surface area contributed by atoms with Gasteiger partial charge in [-0.15, -0.1) is 0 Å². The van der Waals surface area contributed by atoms with E-state index in [0.29, 0.717) is 21.4 Å². The Kier molecular flexibility index (Phi) is 7.05. The van der Waals surface area contributed by atoms with Gasteiger partial charge in [0.15, 0.2) is 0 Å².